The number of ether oxygens (including phenoxy) is 1. The maximum Gasteiger partial charge on any atom is 0.428 e. The zero-order valence-electron chi connectivity index (χ0n) is 6.36. The number of hydrogen-bond acceptors (Lipinski definition) is 2. The predicted octanol–water partition coefficient (Wildman–Crippen LogP) is 2.03. The van der Waals surface area contributed by atoms with E-state index in [0.29, 0.717) is 12.8 Å². The van der Waals surface area contributed by atoms with E-state index in [1.54, 1.807) is 0 Å². The van der Waals surface area contributed by atoms with E-state index in [4.69, 9.17) is 0 Å². The van der Waals surface area contributed by atoms with Gasteiger partial charge in [0.2, 0.25) is 5.60 Å². The summed E-state index contributed by atoms with van der Waals surface area (Å²) in [5, 5.41) is 0. The van der Waals surface area contributed by atoms with Crippen molar-refractivity contribution >= 4 is 6.47 Å². The Kier molecular flexibility index (Phi) is 2.30. The van der Waals surface area contributed by atoms with E-state index in [2.05, 4.69) is 4.74 Å². The van der Waals surface area contributed by atoms with E-state index in [1.165, 1.54) is 0 Å². The van der Waals surface area contributed by atoms with Crippen molar-refractivity contribution in [3.63, 3.8) is 0 Å². The van der Waals surface area contributed by atoms with Gasteiger partial charge in [-0.15, -0.1) is 0 Å². The average Bonchev–Trinajstić information content (AvgIpc) is 2.36. The number of alkyl halides is 3. The molecule has 12 heavy (non-hydrogen) atoms. The Morgan fingerprint density at radius 2 is 1.75 bits per heavy atom. The summed E-state index contributed by atoms with van der Waals surface area (Å²) in [6.07, 6.45) is -3.70. The van der Waals surface area contributed by atoms with Crippen LogP contribution in [0.2, 0.25) is 0 Å². The van der Waals surface area contributed by atoms with Crippen molar-refractivity contribution in [2.45, 2.75) is 37.5 Å². The molecule has 0 aromatic rings. The molecule has 0 amide bonds. The Bertz CT molecular complexity index is 170. The van der Waals surface area contributed by atoms with Crippen LogP contribution >= 0.6 is 0 Å². The third-order valence-corrected chi connectivity index (χ3v) is 2.20. The smallest absolute Gasteiger partial charge is 0.428 e. The Hall–Kier alpha value is -0.740. The summed E-state index contributed by atoms with van der Waals surface area (Å²) < 4.78 is 41.1. The molecule has 5 heteroatoms. The van der Waals surface area contributed by atoms with E-state index in [0.717, 1.165) is 0 Å². The van der Waals surface area contributed by atoms with E-state index >= 15 is 0 Å². The highest BCUT2D eigenvalue weighted by Crippen LogP contribution is 2.45. The van der Waals surface area contributed by atoms with Gasteiger partial charge in [-0.05, 0) is 25.7 Å². The summed E-state index contributed by atoms with van der Waals surface area (Å²) in [5.41, 5.74) is -2.19. The first-order valence-corrected chi connectivity index (χ1v) is 3.70. The molecule has 1 rings (SSSR count). The lowest BCUT2D eigenvalue weighted by atomic mass is 10.0. The normalized spacial score (nSPS) is 22.2. The Morgan fingerprint density at radius 1 is 1.25 bits per heavy atom. The molecule has 0 bridgehead atoms. The molecule has 0 saturated heterocycles. The summed E-state index contributed by atoms with van der Waals surface area (Å²) in [6, 6.07) is 0. The van der Waals surface area contributed by atoms with Gasteiger partial charge in [0.1, 0.15) is 0 Å². The Balaban J connectivity index is 2.78. The van der Waals surface area contributed by atoms with Crippen molar-refractivity contribution in [1.29, 1.82) is 0 Å². The van der Waals surface area contributed by atoms with Gasteiger partial charge in [-0.25, -0.2) is 0 Å². The second-order valence-corrected chi connectivity index (χ2v) is 2.91. The Labute approximate surface area is 67.7 Å². The highest BCUT2D eigenvalue weighted by atomic mass is 19.4. The minimum atomic E-state index is -4.43. The molecule has 1 saturated carbocycles. The first-order chi connectivity index (χ1) is 5.52. The van der Waals surface area contributed by atoms with Crippen molar-refractivity contribution in [2.75, 3.05) is 0 Å². The average molecular weight is 182 g/mol. The van der Waals surface area contributed by atoms with Crippen LogP contribution in [0.5, 0.6) is 0 Å². The summed E-state index contributed by atoms with van der Waals surface area (Å²) >= 11 is 0. The fraction of sp³-hybridized carbons (Fsp3) is 0.857. The molecular formula is C7H9F3O2. The molecule has 1 fully saturated rings. The maximum atomic E-state index is 12.3. The third kappa shape index (κ3) is 1.40. The van der Waals surface area contributed by atoms with Crippen LogP contribution in [0, 0.1) is 0 Å². The van der Waals surface area contributed by atoms with Crippen molar-refractivity contribution in [2.24, 2.45) is 0 Å². The number of hydrogen-bond donors (Lipinski definition) is 0. The van der Waals surface area contributed by atoms with Gasteiger partial charge in [0, 0.05) is 0 Å². The molecule has 0 spiro atoms. The SMILES string of the molecule is O=COC1(C(F)(F)F)CCCC1. The van der Waals surface area contributed by atoms with Gasteiger partial charge in [-0.2, -0.15) is 13.2 Å². The van der Waals surface area contributed by atoms with Crippen LogP contribution in [0.1, 0.15) is 25.7 Å². The van der Waals surface area contributed by atoms with Gasteiger partial charge in [0.15, 0.2) is 0 Å². The maximum absolute atomic E-state index is 12.3. The third-order valence-electron chi connectivity index (χ3n) is 2.20. The summed E-state index contributed by atoms with van der Waals surface area (Å²) in [7, 11) is 0. The Morgan fingerprint density at radius 3 is 2.08 bits per heavy atom. The summed E-state index contributed by atoms with van der Waals surface area (Å²) in [5.74, 6) is 0. The van der Waals surface area contributed by atoms with Gasteiger partial charge in [-0.3, -0.25) is 4.79 Å². The number of halogens is 3. The molecule has 0 aromatic heterocycles. The van der Waals surface area contributed by atoms with Crippen LogP contribution in [-0.2, 0) is 9.53 Å². The van der Waals surface area contributed by atoms with Gasteiger partial charge in [0.05, 0.1) is 0 Å². The molecule has 0 N–H and O–H groups in total. The number of carbonyl (C=O) groups is 1. The minimum Gasteiger partial charge on any atom is -0.452 e. The lowest BCUT2D eigenvalue weighted by Gasteiger charge is -2.29. The fourth-order valence-corrected chi connectivity index (χ4v) is 1.51. The molecular weight excluding hydrogens is 173 g/mol. The highest BCUT2D eigenvalue weighted by molar-refractivity contribution is 5.39. The van der Waals surface area contributed by atoms with Gasteiger partial charge < -0.3 is 4.74 Å². The molecule has 1 aliphatic carbocycles. The molecule has 2 nitrogen and oxygen atoms in total. The second-order valence-electron chi connectivity index (χ2n) is 2.91. The van der Waals surface area contributed by atoms with Crippen LogP contribution < -0.4 is 0 Å². The molecule has 0 aliphatic heterocycles. The van der Waals surface area contributed by atoms with Gasteiger partial charge >= 0.3 is 6.18 Å². The predicted molar refractivity (Wildman–Crippen MR) is 34.4 cm³/mol. The van der Waals surface area contributed by atoms with Crippen LogP contribution in [0.15, 0.2) is 0 Å². The lowest BCUT2D eigenvalue weighted by molar-refractivity contribution is -0.262. The summed E-state index contributed by atoms with van der Waals surface area (Å²) in [4.78, 5) is 9.89. The van der Waals surface area contributed by atoms with Crippen molar-refractivity contribution < 1.29 is 22.7 Å². The zero-order valence-corrected chi connectivity index (χ0v) is 6.36. The molecule has 70 valence electrons. The molecule has 1 aliphatic rings. The molecule has 0 atom stereocenters. The van der Waals surface area contributed by atoms with Gasteiger partial charge in [-0.1, -0.05) is 0 Å². The van der Waals surface area contributed by atoms with Gasteiger partial charge in [0.25, 0.3) is 6.47 Å². The number of carbonyl (C=O) groups excluding carboxylic acids is 1. The standard InChI is InChI=1S/C7H9F3O2/c8-7(9,10)6(12-5-11)3-1-2-4-6/h5H,1-4H2. The van der Waals surface area contributed by atoms with Crippen molar-refractivity contribution in [1.82, 2.24) is 0 Å². The van der Waals surface area contributed by atoms with Crippen LogP contribution in [0.3, 0.4) is 0 Å². The highest BCUT2D eigenvalue weighted by Gasteiger charge is 2.58. The van der Waals surface area contributed by atoms with E-state index in [1.807, 2.05) is 0 Å². The van der Waals surface area contributed by atoms with E-state index in [-0.39, 0.29) is 19.3 Å². The first kappa shape index (κ1) is 9.35. The molecule has 0 radical (unpaired) electrons. The van der Waals surface area contributed by atoms with Crippen molar-refractivity contribution in [3.05, 3.63) is 0 Å². The molecule has 0 unspecified atom stereocenters. The van der Waals surface area contributed by atoms with Crippen LogP contribution in [0.25, 0.3) is 0 Å². The number of rotatable bonds is 2. The largest absolute Gasteiger partial charge is 0.452 e. The summed E-state index contributed by atoms with van der Waals surface area (Å²) in [6.45, 7) is -0.112. The lowest BCUT2D eigenvalue weighted by Crippen LogP contribution is -2.44. The molecule has 0 heterocycles. The zero-order chi connectivity index (χ0) is 9.24. The monoisotopic (exact) mass is 182 g/mol. The van der Waals surface area contributed by atoms with Crippen molar-refractivity contribution in [3.8, 4) is 0 Å². The first-order valence-electron chi connectivity index (χ1n) is 3.70. The van der Waals surface area contributed by atoms with Crippen LogP contribution in [0.4, 0.5) is 13.2 Å². The minimum absolute atomic E-state index is 0.102. The van der Waals surface area contributed by atoms with E-state index < -0.39 is 11.8 Å². The second kappa shape index (κ2) is 2.95. The van der Waals surface area contributed by atoms with E-state index in [9.17, 15) is 18.0 Å². The quantitative estimate of drug-likeness (QED) is 0.611. The topological polar surface area (TPSA) is 26.3 Å². The fourth-order valence-electron chi connectivity index (χ4n) is 1.51. The van der Waals surface area contributed by atoms with Crippen LogP contribution in [-0.4, -0.2) is 18.2 Å². The molecule has 0 aromatic carbocycles.